The summed E-state index contributed by atoms with van der Waals surface area (Å²) in [7, 11) is 1.47. The summed E-state index contributed by atoms with van der Waals surface area (Å²) in [6.45, 7) is 0. The van der Waals surface area contributed by atoms with Crippen molar-refractivity contribution in [2.75, 3.05) is 7.05 Å². The van der Waals surface area contributed by atoms with Crippen LogP contribution >= 0.6 is 0 Å². The predicted molar refractivity (Wildman–Crippen MR) is 22.6 cm³/mol. The molecule has 3 nitrogen and oxygen atoms in total. The molecule has 0 atom stereocenters. The molecule has 0 aromatic heterocycles. The lowest BCUT2D eigenvalue weighted by molar-refractivity contribution is 0.0238. The molecule has 0 saturated carbocycles. The summed E-state index contributed by atoms with van der Waals surface area (Å²) in [6.07, 6.45) is -0.366. The van der Waals surface area contributed by atoms with E-state index in [1.54, 1.807) is 0 Å². The van der Waals surface area contributed by atoms with Gasteiger partial charge in [0.2, 0.25) is 0 Å². The molecule has 0 spiro atoms. The lowest BCUT2D eigenvalue weighted by Gasteiger charge is -1.85. The Morgan fingerprint density at radius 2 is 2.17 bits per heavy atom. The standard InChI is InChI=1S/C3H7NO2/c1-4-2-3(5)6/h2-3,5-6H,1H3. The van der Waals surface area contributed by atoms with Crippen LogP contribution in [0.3, 0.4) is 0 Å². The zero-order valence-corrected chi connectivity index (χ0v) is 3.50. The molecule has 0 amide bonds. The molecule has 0 aliphatic rings. The van der Waals surface area contributed by atoms with Crippen molar-refractivity contribution in [3.05, 3.63) is 0 Å². The Morgan fingerprint density at radius 1 is 1.67 bits per heavy atom. The number of hydrogen-bond donors (Lipinski definition) is 2. The van der Waals surface area contributed by atoms with Crippen LogP contribution in [-0.4, -0.2) is 29.8 Å². The first-order valence-corrected chi connectivity index (χ1v) is 1.56. The molecule has 0 rings (SSSR count). The molecule has 36 valence electrons. The highest BCUT2D eigenvalue weighted by Gasteiger charge is 1.81. The summed E-state index contributed by atoms with van der Waals surface area (Å²) in [4.78, 5) is 3.31. The van der Waals surface area contributed by atoms with Gasteiger partial charge < -0.3 is 10.2 Å². The van der Waals surface area contributed by atoms with Crippen LogP contribution in [0, 0.1) is 0 Å². The van der Waals surface area contributed by atoms with Crippen LogP contribution in [0.2, 0.25) is 0 Å². The Hall–Kier alpha value is -0.410. The molecule has 3 heteroatoms. The first-order valence-electron chi connectivity index (χ1n) is 1.56. The Kier molecular flexibility index (Phi) is 2.62. The van der Waals surface area contributed by atoms with Gasteiger partial charge in [-0.1, -0.05) is 0 Å². The van der Waals surface area contributed by atoms with Gasteiger partial charge in [0.25, 0.3) is 0 Å². The number of hydrogen-bond acceptors (Lipinski definition) is 3. The van der Waals surface area contributed by atoms with Crippen LogP contribution in [0.1, 0.15) is 0 Å². The zero-order valence-electron chi connectivity index (χ0n) is 3.50. The minimum absolute atomic E-state index is 1.03. The molecule has 6 heavy (non-hydrogen) atoms. The van der Waals surface area contributed by atoms with E-state index in [0.717, 1.165) is 6.21 Å². The number of aliphatic hydroxyl groups is 2. The van der Waals surface area contributed by atoms with E-state index in [9.17, 15) is 0 Å². The van der Waals surface area contributed by atoms with Gasteiger partial charge >= 0.3 is 0 Å². The van der Waals surface area contributed by atoms with Crippen molar-refractivity contribution in [1.82, 2.24) is 0 Å². The summed E-state index contributed by atoms with van der Waals surface area (Å²) in [6, 6.07) is 0. The molecular formula is C3H7NO2. The fraction of sp³-hybridized carbons (Fsp3) is 0.667. The Morgan fingerprint density at radius 3 is 2.17 bits per heavy atom. The van der Waals surface area contributed by atoms with Gasteiger partial charge in [0, 0.05) is 7.05 Å². The van der Waals surface area contributed by atoms with Crippen LogP contribution in [-0.2, 0) is 0 Å². The summed E-state index contributed by atoms with van der Waals surface area (Å²) in [5, 5.41) is 15.9. The van der Waals surface area contributed by atoms with Gasteiger partial charge in [0.1, 0.15) is 0 Å². The van der Waals surface area contributed by atoms with E-state index in [0.29, 0.717) is 0 Å². The van der Waals surface area contributed by atoms with Crippen LogP contribution in [0.25, 0.3) is 0 Å². The summed E-state index contributed by atoms with van der Waals surface area (Å²) in [5.41, 5.74) is 0. The largest absolute Gasteiger partial charge is 0.364 e. The molecule has 0 aliphatic carbocycles. The maximum atomic E-state index is 7.96. The fourth-order valence-corrected chi connectivity index (χ4v) is 0.133. The minimum Gasteiger partial charge on any atom is -0.364 e. The lowest BCUT2D eigenvalue weighted by atomic mass is 10.7. The highest BCUT2D eigenvalue weighted by Crippen LogP contribution is 1.61. The van der Waals surface area contributed by atoms with Gasteiger partial charge in [-0.25, -0.2) is 0 Å². The Labute approximate surface area is 36.0 Å². The van der Waals surface area contributed by atoms with E-state index in [1.807, 2.05) is 0 Å². The molecule has 0 aromatic carbocycles. The van der Waals surface area contributed by atoms with E-state index >= 15 is 0 Å². The van der Waals surface area contributed by atoms with Gasteiger partial charge in [-0.2, -0.15) is 0 Å². The molecule has 0 unspecified atom stereocenters. The molecule has 0 aromatic rings. The first kappa shape index (κ1) is 5.59. The van der Waals surface area contributed by atoms with E-state index in [1.165, 1.54) is 7.05 Å². The molecule has 0 radical (unpaired) electrons. The van der Waals surface area contributed by atoms with E-state index in [2.05, 4.69) is 4.99 Å². The predicted octanol–water partition coefficient (Wildman–Crippen LogP) is -1.00. The van der Waals surface area contributed by atoms with Gasteiger partial charge in [-0.05, 0) is 0 Å². The van der Waals surface area contributed by atoms with Crippen LogP contribution in [0.15, 0.2) is 4.99 Å². The van der Waals surface area contributed by atoms with Crippen molar-refractivity contribution >= 4 is 6.21 Å². The van der Waals surface area contributed by atoms with Crippen LogP contribution < -0.4 is 0 Å². The molecule has 0 bridgehead atoms. The third-order valence-corrected chi connectivity index (χ3v) is 0.282. The number of nitrogens with zero attached hydrogens (tertiary/aromatic N) is 1. The smallest absolute Gasteiger partial charge is 0.188 e. The second-order valence-corrected chi connectivity index (χ2v) is 0.821. The minimum atomic E-state index is -1.39. The highest BCUT2D eigenvalue weighted by molar-refractivity contribution is 5.59. The fourth-order valence-electron chi connectivity index (χ4n) is 0.133. The molecular weight excluding hydrogens is 82.0 g/mol. The number of rotatable bonds is 1. The first-order chi connectivity index (χ1) is 2.77. The third-order valence-electron chi connectivity index (χ3n) is 0.282. The summed E-state index contributed by atoms with van der Waals surface area (Å²) < 4.78 is 0. The van der Waals surface area contributed by atoms with Crippen molar-refractivity contribution in [3.63, 3.8) is 0 Å². The number of aliphatic imine (C=N–C) groups is 1. The van der Waals surface area contributed by atoms with Crippen molar-refractivity contribution in [3.8, 4) is 0 Å². The topological polar surface area (TPSA) is 52.8 Å². The van der Waals surface area contributed by atoms with Crippen molar-refractivity contribution < 1.29 is 10.2 Å². The van der Waals surface area contributed by atoms with Crippen LogP contribution in [0.5, 0.6) is 0 Å². The van der Waals surface area contributed by atoms with Crippen molar-refractivity contribution in [2.45, 2.75) is 6.29 Å². The SMILES string of the molecule is CN=CC(O)O. The normalized spacial score (nSPS) is 11.3. The van der Waals surface area contributed by atoms with Crippen molar-refractivity contribution in [2.24, 2.45) is 4.99 Å². The number of aliphatic hydroxyl groups excluding tert-OH is 1. The quantitative estimate of drug-likeness (QED) is 0.319. The van der Waals surface area contributed by atoms with Crippen LogP contribution in [0.4, 0.5) is 0 Å². The molecule has 0 heterocycles. The lowest BCUT2D eigenvalue weighted by Crippen LogP contribution is -2.03. The van der Waals surface area contributed by atoms with E-state index in [4.69, 9.17) is 10.2 Å². The zero-order chi connectivity index (χ0) is 4.99. The molecule has 2 N–H and O–H groups in total. The Balaban J connectivity index is 3.03. The van der Waals surface area contributed by atoms with Gasteiger partial charge in [-0.3, -0.25) is 4.99 Å². The monoisotopic (exact) mass is 89.0 g/mol. The molecule has 0 aliphatic heterocycles. The highest BCUT2D eigenvalue weighted by atomic mass is 16.5. The van der Waals surface area contributed by atoms with Gasteiger partial charge in [-0.15, -0.1) is 0 Å². The second-order valence-electron chi connectivity index (χ2n) is 0.821. The second kappa shape index (κ2) is 2.81. The van der Waals surface area contributed by atoms with E-state index < -0.39 is 6.29 Å². The van der Waals surface area contributed by atoms with Crippen molar-refractivity contribution in [1.29, 1.82) is 0 Å². The third kappa shape index (κ3) is 3.59. The Bertz CT molecular complexity index is 50.8. The van der Waals surface area contributed by atoms with Gasteiger partial charge in [0.05, 0.1) is 6.21 Å². The maximum absolute atomic E-state index is 7.96. The molecule has 0 saturated heterocycles. The van der Waals surface area contributed by atoms with Gasteiger partial charge in [0.15, 0.2) is 6.29 Å². The summed E-state index contributed by atoms with van der Waals surface area (Å²) in [5.74, 6) is 0. The molecule has 0 fully saturated rings. The average Bonchev–Trinajstić information content (AvgIpc) is 1.35. The maximum Gasteiger partial charge on any atom is 0.188 e. The van der Waals surface area contributed by atoms with E-state index in [-0.39, 0.29) is 0 Å². The average molecular weight is 89.1 g/mol. The summed E-state index contributed by atoms with van der Waals surface area (Å²) >= 11 is 0.